The highest BCUT2D eigenvalue weighted by molar-refractivity contribution is 5.23. The van der Waals surface area contributed by atoms with E-state index in [1.807, 2.05) is 7.05 Å². The van der Waals surface area contributed by atoms with Crippen LogP contribution in [-0.4, -0.2) is 18.6 Å². The van der Waals surface area contributed by atoms with Crippen LogP contribution in [0.15, 0.2) is 34.9 Å². The SMILES string of the molecule is CNCCCc1coc(Cc2ccc(C)cc2)n1. The largest absolute Gasteiger partial charge is 0.448 e. The summed E-state index contributed by atoms with van der Waals surface area (Å²) in [5.41, 5.74) is 3.57. The Hall–Kier alpha value is -1.61. The molecule has 0 saturated heterocycles. The van der Waals surface area contributed by atoms with Gasteiger partial charge in [-0.05, 0) is 38.9 Å². The molecule has 1 N–H and O–H groups in total. The molecule has 1 aromatic carbocycles. The average molecular weight is 244 g/mol. The maximum atomic E-state index is 5.50. The molecule has 3 heteroatoms. The molecule has 0 bridgehead atoms. The first-order valence-corrected chi connectivity index (χ1v) is 6.41. The van der Waals surface area contributed by atoms with Gasteiger partial charge in [0.2, 0.25) is 0 Å². The number of oxazole rings is 1. The Labute approximate surface area is 108 Å². The molecule has 0 aliphatic heterocycles. The fourth-order valence-corrected chi connectivity index (χ4v) is 1.87. The van der Waals surface area contributed by atoms with Crippen molar-refractivity contribution < 1.29 is 4.42 Å². The minimum atomic E-state index is 0.770. The molecule has 0 unspecified atom stereocenters. The van der Waals surface area contributed by atoms with Crippen LogP contribution < -0.4 is 5.32 Å². The Balaban J connectivity index is 1.91. The van der Waals surface area contributed by atoms with Gasteiger partial charge in [-0.3, -0.25) is 0 Å². The number of hydrogen-bond acceptors (Lipinski definition) is 3. The Bertz CT molecular complexity index is 473. The van der Waals surface area contributed by atoms with Crippen LogP contribution in [0, 0.1) is 6.92 Å². The molecule has 0 atom stereocenters. The van der Waals surface area contributed by atoms with Crippen LogP contribution >= 0.6 is 0 Å². The molecule has 0 saturated carbocycles. The van der Waals surface area contributed by atoms with Crippen LogP contribution in [0.2, 0.25) is 0 Å². The summed E-state index contributed by atoms with van der Waals surface area (Å²) >= 11 is 0. The molecule has 0 radical (unpaired) electrons. The van der Waals surface area contributed by atoms with Crippen molar-refractivity contribution >= 4 is 0 Å². The lowest BCUT2D eigenvalue weighted by atomic mass is 10.1. The summed E-state index contributed by atoms with van der Waals surface area (Å²) in [6.45, 7) is 3.11. The lowest BCUT2D eigenvalue weighted by molar-refractivity contribution is 0.506. The molecule has 0 fully saturated rings. The number of rotatable bonds is 6. The molecule has 1 aromatic heterocycles. The van der Waals surface area contributed by atoms with E-state index in [1.54, 1.807) is 6.26 Å². The van der Waals surface area contributed by atoms with E-state index in [9.17, 15) is 0 Å². The molecule has 18 heavy (non-hydrogen) atoms. The third kappa shape index (κ3) is 3.70. The van der Waals surface area contributed by atoms with Crippen LogP contribution in [0.1, 0.15) is 29.1 Å². The first-order chi connectivity index (χ1) is 8.78. The van der Waals surface area contributed by atoms with E-state index >= 15 is 0 Å². The van der Waals surface area contributed by atoms with Gasteiger partial charge in [0, 0.05) is 6.42 Å². The molecule has 1 heterocycles. The summed E-state index contributed by atoms with van der Waals surface area (Å²) in [4.78, 5) is 4.51. The summed E-state index contributed by atoms with van der Waals surface area (Å²) in [6, 6.07) is 8.48. The minimum absolute atomic E-state index is 0.770. The van der Waals surface area contributed by atoms with E-state index in [-0.39, 0.29) is 0 Å². The number of aromatic nitrogens is 1. The van der Waals surface area contributed by atoms with Gasteiger partial charge in [-0.1, -0.05) is 29.8 Å². The number of aryl methyl sites for hydroxylation is 2. The number of nitrogens with zero attached hydrogens (tertiary/aromatic N) is 1. The first-order valence-electron chi connectivity index (χ1n) is 6.41. The molecule has 2 rings (SSSR count). The average Bonchev–Trinajstić information content (AvgIpc) is 2.80. The highest BCUT2D eigenvalue weighted by Crippen LogP contribution is 2.11. The van der Waals surface area contributed by atoms with Gasteiger partial charge in [0.05, 0.1) is 5.69 Å². The first kappa shape index (κ1) is 12.8. The molecule has 0 amide bonds. The van der Waals surface area contributed by atoms with Gasteiger partial charge in [0.25, 0.3) is 0 Å². The van der Waals surface area contributed by atoms with E-state index < -0.39 is 0 Å². The second-order valence-corrected chi connectivity index (χ2v) is 4.60. The number of nitrogens with one attached hydrogen (secondary N) is 1. The van der Waals surface area contributed by atoms with Gasteiger partial charge in [0.1, 0.15) is 6.26 Å². The van der Waals surface area contributed by atoms with Gasteiger partial charge in [-0.15, -0.1) is 0 Å². The zero-order valence-electron chi connectivity index (χ0n) is 11.1. The van der Waals surface area contributed by atoms with E-state index in [4.69, 9.17) is 4.42 Å². The summed E-state index contributed by atoms with van der Waals surface area (Å²) in [5.74, 6) is 0.804. The molecule has 3 nitrogen and oxygen atoms in total. The third-order valence-corrected chi connectivity index (χ3v) is 2.93. The highest BCUT2D eigenvalue weighted by Gasteiger charge is 2.04. The molecule has 0 spiro atoms. The van der Waals surface area contributed by atoms with Crippen molar-refractivity contribution in [2.75, 3.05) is 13.6 Å². The summed E-state index contributed by atoms with van der Waals surface area (Å²) < 4.78 is 5.50. The fraction of sp³-hybridized carbons (Fsp3) is 0.400. The van der Waals surface area contributed by atoms with Gasteiger partial charge in [0.15, 0.2) is 5.89 Å². The maximum absolute atomic E-state index is 5.50. The molecular weight excluding hydrogens is 224 g/mol. The van der Waals surface area contributed by atoms with Crippen LogP contribution in [-0.2, 0) is 12.8 Å². The molecular formula is C15H20N2O. The Morgan fingerprint density at radius 2 is 2.00 bits per heavy atom. The van der Waals surface area contributed by atoms with Crippen molar-refractivity contribution in [3.63, 3.8) is 0 Å². The van der Waals surface area contributed by atoms with Crippen molar-refractivity contribution in [1.29, 1.82) is 0 Å². The van der Waals surface area contributed by atoms with Crippen molar-refractivity contribution in [1.82, 2.24) is 10.3 Å². The van der Waals surface area contributed by atoms with Crippen molar-refractivity contribution in [2.24, 2.45) is 0 Å². The van der Waals surface area contributed by atoms with Crippen LogP contribution in [0.5, 0.6) is 0 Å². The van der Waals surface area contributed by atoms with E-state index in [1.165, 1.54) is 11.1 Å². The predicted octanol–water partition coefficient (Wildman–Crippen LogP) is 2.73. The summed E-state index contributed by atoms with van der Waals surface area (Å²) in [5, 5.41) is 3.13. The Morgan fingerprint density at radius 1 is 1.22 bits per heavy atom. The number of benzene rings is 1. The van der Waals surface area contributed by atoms with Crippen LogP contribution in [0.25, 0.3) is 0 Å². The van der Waals surface area contributed by atoms with Crippen LogP contribution in [0.3, 0.4) is 0 Å². The second-order valence-electron chi connectivity index (χ2n) is 4.60. The zero-order valence-corrected chi connectivity index (χ0v) is 11.1. The van der Waals surface area contributed by atoms with Crippen molar-refractivity contribution in [3.05, 3.63) is 53.2 Å². The van der Waals surface area contributed by atoms with E-state index in [0.29, 0.717) is 0 Å². The van der Waals surface area contributed by atoms with Crippen molar-refractivity contribution in [2.45, 2.75) is 26.2 Å². The summed E-state index contributed by atoms with van der Waals surface area (Å²) in [6.07, 6.45) is 4.61. The molecule has 0 aliphatic carbocycles. The lowest BCUT2D eigenvalue weighted by Crippen LogP contribution is -2.08. The summed E-state index contributed by atoms with van der Waals surface area (Å²) in [7, 11) is 1.96. The molecule has 96 valence electrons. The van der Waals surface area contributed by atoms with Gasteiger partial charge in [-0.2, -0.15) is 0 Å². The van der Waals surface area contributed by atoms with E-state index in [2.05, 4.69) is 41.5 Å². The number of hydrogen-bond donors (Lipinski definition) is 1. The van der Waals surface area contributed by atoms with Crippen molar-refractivity contribution in [3.8, 4) is 0 Å². The highest BCUT2D eigenvalue weighted by atomic mass is 16.3. The molecule has 2 aromatic rings. The van der Waals surface area contributed by atoms with Gasteiger partial charge in [-0.25, -0.2) is 4.98 Å². The molecule has 0 aliphatic rings. The third-order valence-electron chi connectivity index (χ3n) is 2.93. The zero-order chi connectivity index (χ0) is 12.8. The monoisotopic (exact) mass is 244 g/mol. The van der Waals surface area contributed by atoms with Gasteiger partial charge < -0.3 is 9.73 Å². The second kappa shape index (κ2) is 6.36. The lowest BCUT2D eigenvalue weighted by Gasteiger charge is -1.98. The quantitative estimate of drug-likeness (QED) is 0.794. The predicted molar refractivity (Wildman–Crippen MR) is 72.7 cm³/mol. The standard InChI is InChI=1S/C15H20N2O/c1-12-5-7-13(8-6-12)10-15-17-14(11-18-15)4-3-9-16-2/h5-8,11,16H,3-4,9-10H2,1-2H3. The Morgan fingerprint density at radius 3 is 2.72 bits per heavy atom. The van der Waals surface area contributed by atoms with Gasteiger partial charge >= 0.3 is 0 Å². The minimum Gasteiger partial charge on any atom is -0.448 e. The van der Waals surface area contributed by atoms with Crippen LogP contribution in [0.4, 0.5) is 0 Å². The normalized spacial score (nSPS) is 10.8. The Kier molecular flexibility index (Phi) is 4.53. The maximum Gasteiger partial charge on any atom is 0.198 e. The fourth-order valence-electron chi connectivity index (χ4n) is 1.87. The smallest absolute Gasteiger partial charge is 0.198 e. The topological polar surface area (TPSA) is 38.1 Å². The van der Waals surface area contributed by atoms with E-state index in [0.717, 1.165) is 37.4 Å².